The Bertz CT molecular complexity index is 2500. The first-order chi connectivity index (χ1) is 25.5. The highest BCUT2D eigenvalue weighted by Gasteiger charge is 2.49. The second-order valence-corrected chi connectivity index (χ2v) is 10.6. The van der Waals surface area contributed by atoms with Gasteiger partial charge in [-0.15, -0.1) is 26.3 Å². The van der Waals surface area contributed by atoms with Gasteiger partial charge in [-0.2, -0.15) is 36.8 Å². The van der Waals surface area contributed by atoms with Crippen LogP contribution in [0.1, 0.15) is 55.6 Å². The number of hydrogen-bond acceptors (Lipinski definition) is 9. The highest BCUT2D eigenvalue weighted by molar-refractivity contribution is 6.21. The molecule has 0 unspecified atom stereocenters. The molecule has 0 N–H and O–H groups in total. The number of allylic oxidation sites excluding steroid dienone is 7. The van der Waals surface area contributed by atoms with E-state index in [1.807, 2.05) is 0 Å². The van der Waals surface area contributed by atoms with Gasteiger partial charge < -0.3 is 9.47 Å². The van der Waals surface area contributed by atoms with Crippen molar-refractivity contribution < 1.29 is 44.6 Å². The quantitative estimate of drug-likeness (QED) is 0.143. The fraction of sp³-hybridized carbons (Fsp3) is 0.0556. The summed E-state index contributed by atoms with van der Waals surface area (Å²) in [5.74, 6) is -7.49. The Hall–Kier alpha value is -8.42. The van der Waals surface area contributed by atoms with Gasteiger partial charge in [0.05, 0.1) is 69.8 Å². The molecule has 2 aliphatic rings. The van der Waals surface area contributed by atoms with Crippen molar-refractivity contribution in [3.05, 3.63) is 115 Å². The van der Waals surface area contributed by atoms with Crippen LogP contribution in [0.25, 0.3) is 38.4 Å². The minimum atomic E-state index is -5.87. The molecule has 0 aliphatic heterocycles. The standard InChI is InChI=1S/C36H6F8N8O2/c1-52-32(20-6-17(10-47)3-18(7-20)11-48)29-28-26(23(14-51)31(29)38)33(53-35(39,40)41)27-24(21(12-49)19-4-15(8-45)2-16(5-19)9-46)30(37)22(13-50)25(27)34(28)54-36(42,43)44/h2-7H/b24-21-,32-29+. The molecular weight excluding hydrogens is 728 g/mol. The van der Waals surface area contributed by atoms with Crippen molar-refractivity contribution in [3.63, 3.8) is 0 Å². The van der Waals surface area contributed by atoms with Crippen molar-refractivity contribution in [2.45, 2.75) is 12.7 Å². The summed E-state index contributed by atoms with van der Waals surface area (Å²) in [7, 11) is 0. The van der Waals surface area contributed by atoms with E-state index in [-0.39, 0.29) is 22.3 Å². The number of nitrogens with zero attached hydrogens (tertiary/aromatic N) is 8. The molecule has 2 aliphatic carbocycles. The summed E-state index contributed by atoms with van der Waals surface area (Å²) in [6.07, 6.45) is -11.7. The molecule has 0 heterocycles. The molecule has 258 valence electrons. The fourth-order valence-electron chi connectivity index (χ4n) is 5.77. The number of rotatable bonds is 4. The third-order valence-corrected chi connectivity index (χ3v) is 7.60. The summed E-state index contributed by atoms with van der Waals surface area (Å²) >= 11 is 0. The van der Waals surface area contributed by atoms with Gasteiger partial charge in [-0.3, -0.25) is 0 Å². The van der Waals surface area contributed by atoms with Crippen molar-refractivity contribution in [3.8, 4) is 54.0 Å². The van der Waals surface area contributed by atoms with E-state index in [1.165, 1.54) is 18.2 Å². The van der Waals surface area contributed by atoms with Gasteiger partial charge in [-0.25, -0.2) is 13.6 Å². The van der Waals surface area contributed by atoms with Gasteiger partial charge in [0.15, 0.2) is 5.83 Å². The van der Waals surface area contributed by atoms with Crippen molar-refractivity contribution in [1.82, 2.24) is 0 Å². The van der Waals surface area contributed by atoms with E-state index in [1.54, 1.807) is 24.3 Å². The molecule has 0 spiro atoms. The molecule has 0 radical (unpaired) electrons. The second-order valence-electron chi connectivity index (χ2n) is 10.6. The van der Waals surface area contributed by atoms with Crippen molar-refractivity contribution in [2.75, 3.05) is 0 Å². The molecule has 18 heteroatoms. The molecule has 0 aromatic heterocycles. The Morgan fingerprint density at radius 1 is 0.537 bits per heavy atom. The highest BCUT2D eigenvalue weighted by atomic mass is 19.4. The molecule has 10 nitrogen and oxygen atoms in total. The second kappa shape index (κ2) is 13.4. The third kappa shape index (κ3) is 6.12. The normalized spacial score (nSPS) is 14.8. The Balaban J connectivity index is 2.15. The van der Waals surface area contributed by atoms with Gasteiger partial charge in [-0.05, 0) is 47.5 Å². The van der Waals surface area contributed by atoms with Gasteiger partial charge in [-0.1, -0.05) is 0 Å². The van der Waals surface area contributed by atoms with Crippen molar-refractivity contribution in [2.24, 2.45) is 0 Å². The monoisotopic (exact) mass is 734 g/mol. The fourth-order valence-corrected chi connectivity index (χ4v) is 5.77. The lowest BCUT2D eigenvalue weighted by atomic mass is 9.88. The zero-order valence-corrected chi connectivity index (χ0v) is 25.9. The number of ether oxygens (including phenoxy) is 2. The lowest BCUT2D eigenvalue weighted by molar-refractivity contribution is -0.277. The number of nitriles is 7. The van der Waals surface area contributed by atoms with Gasteiger partial charge in [0, 0.05) is 27.8 Å². The first-order valence-corrected chi connectivity index (χ1v) is 14.1. The number of fused-ring (bicyclic) bond motifs is 2. The molecular formula is C36H6F8N8O2. The highest BCUT2D eigenvalue weighted by Crippen LogP contribution is 2.62. The average molecular weight is 734 g/mol. The van der Waals surface area contributed by atoms with Crippen LogP contribution in [-0.4, -0.2) is 12.7 Å². The summed E-state index contributed by atoms with van der Waals surface area (Å²) in [6.45, 7) is 7.80. The molecule has 3 aromatic carbocycles. The predicted octanol–water partition coefficient (Wildman–Crippen LogP) is 8.63. The zero-order chi connectivity index (χ0) is 39.9. The molecule has 0 saturated carbocycles. The van der Waals surface area contributed by atoms with Crippen LogP contribution < -0.4 is 9.47 Å². The van der Waals surface area contributed by atoms with Crippen molar-refractivity contribution >= 4 is 33.6 Å². The van der Waals surface area contributed by atoms with Crippen LogP contribution in [0.2, 0.25) is 0 Å². The number of benzene rings is 3. The molecule has 0 saturated heterocycles. The Kier molecular flexibility index (Phi) is 9.12. The van der Waals surface area contributed by atoms with Gasteiger partial charge in [0.2, 0.25) is 5.70 Å². The molecule has 3 aromatic rings. The van der Waals surface area contributed by atoms with Crippen LogP contribution in [0.4, 0.5) is 35.1 Å². The van der Waals surface area contributed by atoms with Crippen LogP contribution in [0, 0.1) is 85.9 Å². The summed E-state index contributed by atoms with van der Waals surface area (Å²) in [4.78, 5) is 3.10. The maximum Gasteiger partial charge on any atom is 0.573 e. The Labute approximate surface area is 296 Å². The van der Waals surface area contributed by atoms with Gasteiger partial charge >= 0.3 is 12.7 Å². The van der Waals surface area contributed by atoms with E-state index in [0.29, 0.717) is 0 Å². The van der Waals surface area contributed by atoms with Crippen LogP contribution >= 0.6 is 0 Å². The largest absolute Gasteiger partial charge is 0.573 e. The summed E-state index contributed by atoms with van der Waals surface area (Å²) in [5.41, 5.74) is -16.2. The van der Waals surface area contributed by atoms with E-state index in [2.05, 4.69) is 14.3 Å². The summed E-state index contributed by atoms with van der Waals surface area (Å²) in [5, 5.41) is 68.1. The number of halogens is 8. The number of hydrogen-bond donors (Lipinski definition) is 0. The molecule has 0 bridgehead atoms. The summed E-state index contributed by atoms with van der Waals surface area (Å²) < 4.78 is 127. The minimum absolute atomic E-state index is 0.341. The maximum absolute atomic E-state index is 16.5. The average Bonchev–Trinajstić information content (AvgIpc) is 3.59. The smallest absolute Gasteiger partial charge is 0.404 e. The Morgan fingerprint density at radius 3 is 1.24 bits per heavy atom. The topological polar surface area (TPSA) is 189 Å². The minimum Gasteiger partial charge on any atom is -0.404 e. The molecule has 0 atom stereocenters. The lowest BCUT2D eigenvalue weighted by Crippen LogP contribution is -2.22. The van der Waals surface area contributed by atoms with Gasteiger partial charge in [0.25, 0.3) is 0 Å². The number of alkyl halides is 6. The van der Waals surface area contributed by atoms with E-state index >= 15 is 8.78 Å². The third-order valence-electron chi connectivity index (χ3n) is 7.60. The van der Waals surface area contributed by atoms with Crippen LogP contribution in [0.5, 0.6) is 11.5 Å². The first-order valence-electron chi connectivity index (χ1n) is 14.1. The van der Waals surface area contributed by atoms with Crippen LogP contribution in [-0.2, 0) is 0 Å². The molecule has 0 fully saturated rings. The van der Waals surface area contributed by atoms with E-state index < -0.39 is 103 Å². The predicted molar refractivity (Wildman–Crippen MR) is 165 cm³/mol. The van der Waals surface area contributed by atoms with E-state index in [9.17, 15) is 63.2 Å². The Morgan fingerprint density at radius 2 is 0.907 bits per heavy atom. The maximum atomic E-state index is 16.5. The van der Waals surface area contributed by atoms with Crippen molar-refractivity contribution in [1.29, 1.82) is 36.8 Å². The van der Waals surface area contributed by atoms with E-state index in [4.69, 9.17) is 6.57 Å². The SMILES string of the molecule is [C-]#[N+]/C(=C1/C(F)=C(C#N)c2c(OC(F)(F)F)c3c(c(OC(F)(F)F)c21)C(C#N)=C(F)/C3=C(/C#N)c1cc(C#N)cc(C#N)c1)c1cc(C#N)cc(C#N)c1. The van der Waals surface area contributed by atoms with Crippen LogP contribution in [0.15, 0.2) is 48.1 Å². The molecule has 0 amide bonds. The summed E-state index contributed by atoms with van der Waals surface area (Å²) in [6, 6.07) is 15.8. The first kappa shape index (κ1) is 36.9. The molecule has 5 rings (SSSR count). The van der Waals surface area contributed by atoms with E-state index in [0.717, 1.165) is 36.4 Å². The van der Waals surface area contributed by atoms with Crippen LogP contribution in [0.3, 0.4) is 0 Å². The zero-order valence-electron chi connectivity index (χ0n) is 25.9. The molecule has 54 heavy (non-hydrogen) atoms. The van der Waals surface area contributed by atoms with Gasteiger partial charge in [0.1, 0.15) is 41.1 Å². The lowest BCUT2D eigenvalue weighted by Gasteiger charge is -2.23.